The van der Waals surface area contributed by atoms with Gasteiger partial charge in [-0.15, -0.1) is 0 Å². The van der Waals surface area contributed by atoms with Crippen molar-refractivity contribution in [1.29, 1.82) is 0 Å². The van der Waals surface area contributed by atoms with Crippen molar-refractivity contribution in [3.05, 3.63) is 12.4 Å². The van der Waals surface area contributed by atoms with Crippen LogP contribution in [0.4, 0.5) is 5.82 Å². The lowest BCUT2D eigenvalue weighted by Gasteiger charge is -2.38. The fourth-order valence-electron chi connectivity index (χ4n) is 3.07. The molecule has 0 aromatic carbocycles. The van der Waals surface area contributed by atoms with Gasteiger partial charge in [0.05, 0.1) is 7.11 Å². The highest BCUT2D eigenvalue weighted by Gasteiger charge is 2.40. The summed E-state index contributed by atoms with van der Waals surface area (Å²) in [5, 5.41) is 0. The molecule has 3 heterocycles. The number of anilines is 1. The molecule has 5 heteroatoms. The van der Waals surface area contributed by atoms with Crippen LogP contribution in [0.3, 0.4) is 0 Å². The van der Waals surface area contributed by atoms with E-state index in [2.05, 4.69) is 30.8 Å². The number of aromatic nitrogens is 2. The number of nitrogens with zero attached hydrogens (tertiary/aromatic N) is 3. The van der Waals surface area contributed by atoms with Crippen molar-refractivity contribution in [3.63, 3.8) is 0 Å². The molecular formula is C12H16BrN3O. The summed E-state index contributed by atoms with van der Waals surface area (Å²) in [5.41, 5.74) is 0. The third kappa shape index (κ3) is 2.01. The van der Waals surface area contributed by atoms with Gasteiger partial charge in [-0.3, -0.25) is 0 Å². The quantitative estimate of drug-likeness (QED) is 0.786. The minimum absolute atomic E-state index is 0.623. The Morgan fingerprint density at radius 1 is 1.29 bits per heavy atom. The summed E-state index contributed by atoms with van der Waals surface area (Å²) >= 11 is 3.75. The SMILES string of the molecule is COc1cc(N2C3CCC2CC(Br)C3)ncn1. The van der Waals surface area contributed by atoms with Crippen molar-refractivity contribution in [2.45, 2.75) is 42.6 Å². The summed E-state index contributed by atoms with van der Waals surface area (Å²) in [6.45, 7) is 0. The number of ether oxygens (including phenoxy) is 1. The first-order chi connectivity index (χ1) is 8.28. The average Bonchev–Trinajstić information content (AvgIpc) is 2.62. The molecule has 2 unspecified atom stereocenters. The van der Waals surface area contributed by atoms with E-state index in [0.29, 0.717) is 22.8 Å². The lowest BCUT2D eigenvalue weighted by atomic mass is 10.0. The second-order valence-corrected chi connectivity index (χ2v) is 6.07. The lowest BCUT2D eigenvalue weighted by molar-refractivity contribution is 0.395. The number of fused-ring (bicyclic) bond motifs is 2. The Morgan fingerprint density at radius 2 is 2.00 bits per heavy atom. The highest BCUT2D eigenvalue weighted by molar-refractivity contribution is 9.09. The molecular weight excluding hydrogens is 282 g/mol. The normalized spacial score (nSPS) is 31.6. The average molecular weight is 298 g/mol. The number of rotatable bonds is 2. The summed E-state index contributed by atoms with van der Waals surface area (Å²) in [4.78, 5) is 11.6. The van der Waals surface area contributed by atoms with Gasteiger partial charge in [-0.05, 0) is 25.7 Å². The molecule has 2 bridgehead atoms. The van der Waals surface area contributed by atoms with Gasteiger partial charge in [-0.1, -0.05) is 15.9 Å². The number of hydrogen-bond donors (Lipinski definition) is 0. The molecule has 0 radical (unpaired) electrons. The number of piperidine rings is 1. The van der Waals surface area contributed by atoms with Gasteiger partial charge in [0.1, 0.15) is 12.1 Å². The first-order valence-corrected chi connectivity index (χ1v) is 6.98. The van der Waals surface area contributed by atoms with Gasteiger partial charge in [0.2, 0.25) is 5.88 Å². The van der Waals surface area contributed by atoms with Gasteiger partial charge in [0.25, 0.3) is 0 Å². The van der Waals surface area contributed by atoms with E-state index in [1.54, 1.807) is 13.4 Å². The summed E-state index contributed by atoms with van der Waals surface area (Å²) in [6, 6.07) is 3.19. The van der Waals surface area contributed by atoms with Crippen LogP contribution in [0.5, 0.6) is 5.88 Å². The highest BCUT2D eigenvalue weighted by atomic mass is 79.9. The van der Waals surface area contributed by atoms with E-state index in [4.69, 9.17) is 4.74 Å². The Bertz CT molecular complexity index is 400. The van der Waals surface area contributed by atoms with Crippen LogP contribution in [-0.4, -0.2) is 34.0 Å². The molecule has 0 N–H and O–H groups in total. The number of halogens is 1. The monoisotopic (exact) mass is 297 g/mol. The topological polar surface area (TPSA) is 38.2 Å². The van der Waals surface area contributed by atoms with Crippen molar-refractivity contribution >= 4 is 21.7 Å². The van der Waals surface area contributed by atoms with Gasteiger partial charge in [-0.2, -0.15) is 0 Å². The van der Waals surface area contributed by atoms with Crippen molar-refractivity contribution < 1.29 is 4.74 Å². The van der Waals surface area contributed by atoms with E-state index in [9.17, 15) is 0 Å². The molecule has 2 atom stereocenters. The van der Waals surface area contributed by atoms with Crippen LogP contribution < -0.4 is 9.64 Å². The molecule has 4 nitrogen and oxygen atoms in total. The Morgan fingerprint density at radius 3 is 2.65 bits per heavy atom. The minimum atomic E-state index is 0.623. The van der Waals surface area contributed by atoms with E-state index in [1.165, 1.54) is 25.7 Å². The lowest BCUT2D eigenvalue weighted by Crippen LogP contribution is -2.43. The van der Waals surface area contributed by atoms with Gasteiger partial charge < -0.3 is 9.64 Å². The van der Waals surface area contributed by atoms with Crippen LogP contribution in [0.25, 0.3) is 0 Å². The van der Waals surface area contributed by atoms with Crippen LogP contribution in [-0.2, 0) is 0 Å². The molecule has 2 aliphatic heterocycles. The van der Waals surface area contributed by atoms with Crippen LogP contribution >= 0.6 is 15.9 Å². The maximum absolute atomic E-state index is 5.17. The Labute approximate surface area is 110 Å². The third-order valence-corrected chi connectivity index (χ3v) is 4.52. The van der Waals surface area contributed by atoms with Gasteiger partial charge >= 0.3 is 0 Å². The minimum Gasteiger partial charge on any atom is -0.481 e. The van der Waals surface area contributed by atoms with Crippen LogP contribution in [0, 0.1) is 0 Å². The van der Waals surface area contributed by atoms with E-state index >= 15 is 0 Å². The second-order valence-electron chi connectivity index (χ2n) is 4.78. The van der Waals surface area contributed by atoms with Crippen molar-refractivity contribution in [2.24, 2.45) is 0 Å². The summed E-state index contributed by atoms with van der Waals surface area (Å²) < 4.78 is 5.17. The largest absolute Gasteiger partial charge is 0.481 e. The third-order valence-electron chi connectivity index (χ3n) is 3.78. The highest BCUT2D eigenvalue weighted by Crippen LogP contribution is 2.40. The maximum Gasteiger partial charge on any atom is 0.218 e. The van der Waals surface area contributed by atoms with Crippen LogP contribution in [0.2, 0.25) is 0 Å². The van der Waals surface area contributed by atoms with Crippen LogP contribution in [0.1, 0.15) is 25.7 Å². The first-order valence-electron chi connectivity index (χ1n) is 6.06. The molecule has 0 spiro atoms. The number of methoxy groups -OCH3 is 1. The summed E-state index contributed by atoms with van der Waals surface area (Å²) in [5.74, 6) is 1.67. The molecule has 1 aromatic rings. The fraction of sp³-hybridized carbons (Fsp3) is 0.667. The molecule has 3 rings (SSSR count). The smallest absolute Gasteiger partial charge is 0.218 e. The molecule has 0 aliphatic carbocycles. The van der Waals surface area contributed by atoms with Crippen molar-refractivity contribution in [1.82, 2.24) is 9.97 Å². The summed E-state index contributed by atoms with van der Waals surface area (Å²) in [7, 11) is 1.64. The Kier molecular flexibility index (Phi) is 2.94. The predicted octanol–water partition coefficient (Wildman–Crippen LogP) is 2.38. The molecule has 0 saturated carbocycles. The molecule has 17 heavy (non-hydrogen) atoms. The van der Waals surface area contributed by atoms with Crippen molar-refractivity contribution in [3.8, 4) is 5.88 Å². The first kappa shape index (κ1) is 11.3. The maximum atomic E-state index is 5.17. The second kappa shape index (κ2) is 4.44. The summed E-state index contributed by atoms with van der Waals surface area (Å²) in [6.07, 6.45) is 6.57. The van der Waals surface area contributed by atoms with Gasteiger partial charge in [-0.25, -0.2) is 9.97 Å². The molecule has 2 fully saturated rings. The molecule has 0 amide bonds. The fourth-order valence-corrected chi connectivity index (χ4v) is 3.93. The van der Waals surface area contributed by atoms with Crippen molar-refractivity contribution in [2.75, 3.05) is 12.0 Å². The predicted molar refractivity (Wildman–Crippen MR) is 69.8 cm³/mol. The van der Waals surface area contributed by atoms with Crippen LogP contribution in [0.15, 0.2) is 12.4 Å². The van der Waals surface area contributed by atoms with E-state index in [1.807, 2.05) is 6.07 Å². The number of alkyl halides is 1. The zero-order valence-electron chi connectivity index (χ0n) is 9.84. The Balaban J connectivity index is 1.89. The van der Waals surface area contributed by atoms with Gasteiger partial charge in [0, 0.05) is 23.0 Å². The molecule has 92 valence electrons. The molecule has 2 aliphatic rings. The van der Waals surface area contributed by atoms with E-state index in [0.717, 1.165) is 5.82 Å². The standard InChI is InChI=1S/C12H16BrN3O/c1-17-12-6-11(14-7-15-12)16-9-2-3-10(16)5-8(13)4-9/h6-10H,2-5H2,1H3. The van der Waals surface area contributed by atoms with E-state index in [-0.39, 0.29) is 0 Å². The zero-order valence-corrected chi connectivity index (χ0v) is 11.4. The van der Waals surface area contributed by atoms with E-state index < -0.39 is 0 Å². The Hall–Kier alpha value is -0.840. The molecule has 2 saturated heterocycles. The molecule has 1 aromatic heterocycles. The number of hydrogen-bond acceptors (Lipinski definition) is 4. The zero-order chi connectivity index (χ0) is 11.8. The van der Waals surface area contributed by atoms with Gasteiger partial charge in [0.15, 0.2) is 0 Å².